The normalized spacial score (nSPS) is 13.9. The molecule has 1 fully saturated rings. The predicted molar refractivity (Wildman–Crippen MR) is 110 cm³/mol. The summed E-state index contributed by atoms with van der Waals surface area (Å²) in [6, 6.07) is 8.57. The van der Waals surface area contributed by atoms with Crippen molar-refractivity contribution in [3.8, 4) is 5.75 Å². The summed E-state index contributed by atoms with van der Waals surface area (Å²) in [4.78, 5) is 20.9. The summed E-state index contributed by atoms with van der Waals surface area (Å²) in [7, 11) is 1.58. The molecule has 0 spiro atoms. The van der Waals surface area contributed by atoms with Crippen LogP contribution >= 0.6 is 0 Å². The average Bonchev–Trinajstić information content (AvgIpc) is 3.18. The molecule has 2 amide bonds. The van der Waals surface area contributed by atoms with Gasteiger partial charge in [-0.05, 0) is 31.9 Å². The van der Waals surface area contributed by atoms with Crippen molar-refractivity contribution in [1.82, 2.24) is 20.6 Å². The zero-order chi connectivity index (χ0) is 19.8. The fourth-order valence-electron chi connectivity index (χ4n) is 2.97. The van der Waals surface area contributed by atoms with Crippen LogP contribution in [0.2, 0.25) is 0 Å². The summed E-state index contributed by atoms with van der Waals surface area (Å²) < 4.78 is 5.15. The summed E-state index contributed by atoms with van der Waals surface area (Å²) in [5, 5.41) is 15.5. The van der Waals surface area contributed by atoms with Crippen LogP contribution in [-0.2, 0) is 0 Å². The number of nitrogens with zero attached hydrogens (tertiary/aromatic N) is 2. The van der Waals surface area contributed by atoms with Crippen LogP contribution < -0.4 is 31.3 Å². The smallest absolute Gasteiger partial charge is 0.326 e. The molecule has 0 unspecified atom stereocenters. The van der Waals surface area contributed by atoms with Gasteiger partial charge in [-0.3, -0.25) is 5.32 Å². The summed E-state index contributed by atoms with van der Waals surface area (Å²) in [5.41, 5.74) is 1.39. The molecule has 5 N–H and O–H groups in total. The van der Waals surface area contributed by atoms with Crippen molar-refractivity contribution in [2.45, 2.75) is 25.9 Å². The van der Waals surface area contributed by atoms with Gasteiger partial charge in [0, 0.05) is 43.1 Å². The van der Waals surface area contributed by atoms with Crippen molar-refractivity contribution >= 4 is 23.5 Å². The third-order valence-electron chi connectivity index (χ3n) is 4.29. The van der Waals surface area contributed by atoms with Crippen LogP contribution in [0.4, 0.5) is 22.2 Å². The first-order chi connectivity index (χ1) is 13.6. The molecule has 0 radical (unpaired) electrons. The first-order valence-electron chi connectivity index (χ1n) is 9.41. The van der Waals surface area contributed by atoms with Gasteiger partial charge >= 0.3 is 6.03 Å². The highest BCUT2D eigenvalue weighted by Crippen LogP contribution is 2.17. The highest BCUT2D eigenvalue weighted by atomic mass is 16.5. The molecule has 0 aliphatic carbocycles. The highest BCUT2D eigenvalue weighted by molar-refractivity contribution is 5.98. The molecule has 2 heterocycles. The number of hydrogen-bond donors (Lipinski definition) is 5. The van der Waals surface area contributed by atoms with E-state index in [4.69, 9.17) is 4.74 Å². The zero-order valence-corrected chi connectivity index (χ0v) is 16.2. The van der Waals surface area contributed by atoms with Crippen LogP contribution in [-0.4, -0.2) is 48.9 Å². The molecule has 1 aromatic heterocycles. The summed E-state index contributed by atoms with van der Waals surface area (Å²) in [6.45, 7) is 4.71. The molecule has 9 nitrogen and oxygen atoms in total. The molecule has 1 aromatic carbocycles. The molecule has 0 saturated carbocycles. The fourth-order valence-corrected chi connectivity index (χ4v) is 2.97. The summed E-state index contributed by atoms with van der Waals surface area (Å²) >= 11 is 0. The van der Waals surface area contributed by atoms with Gasteiger partial charge in [0.15, 0.2) is 0 Å². The van der Waals surface area contributed by atoms with Crippen LogP contribution in [0.15, 0.2) is 30.3 Å². The number of carbonyl (C=O) groups excluding carboxylic acids is 1. The maximum absolute atomic E-state index is 12.2. The van der Waals surface area contributed by atoms with E-state index in [0.717, 1.165) is 38.2 Å². The molecule has 1 saturated heterocycles. The van der Waals surface area contributed by atoms with Crippen molar-refractivity contribution in [2.75, 3.05) is 42.7 Å². The van der Waals surface area contributed by atoms with E-state index >= 15 is 0 Å². The molecule has 0 bridgehead atoms. The van der Waals surface area contributed by atoms with Gasteiger partial charge in [0.1, 0.15) is 11.6 Å². The largest absolute Gasteiger partial charge is 0.497 e. The van der Waals surface area contributed by atoms with Crippen molar-refractivity contribution < 1.29 is 9.53 Å². The Morgan fingerprint density at radius 2 is 2.04 bits per heavy atom. The lowest BCUT2D eigenvalue weighted by Crippen LogP contribution is -2.31. The second-order valence-corrected chi connectivity index (χ2v) is 6.56. The van der Waals surface area contributed by atoms with E-state index in [0.29, 0.717) is 23.4 Å². The third-order valence-corrected chi connectivity index (χ3v) is 4.29. The van der Waals surface area contributed by atoms with Crippen LogP contribution in [0, 0.1) is 6.92 Å². The van der Waals surface area contributed by atoms with Gasteiger partial charge in [0.25, 0.3) is 0 Å². The number of nitrogens with one attached hydrogen (secondary N) is 5. The van der Waals surface area contributed by atoms with Crippen molar-refractivity contribution in [3.05, 3.63) is 36.0 Å². The Kier molecular flexibility index (Phi) is 6.99. The number of aryl methyl sites for hydroxylation is 1. The molecule has 3 rings (SSSR count). The van der Waals surface area contributed by atoms with E-state index in [1.54, 1.807) is 25.3 Å². The molecular weight excluding hydrogens is 358 g/mol. The third kappa shape index (κ3) is 6.07. The highest BCUT2D eigenvalue weighted by Gasteiger charge is 2.12. The number of methoxy groups -OCH3 is 1. The minimum atomic E-state index is -0.414. The predicted octanol–water partition coefficient (Wildman–Crippen LogP) is 2.15. The van der Waals surface area contributed by atoms with E-state index in [1.807, 2.05) is 19.1 Å². The average molecular weight is 385 g/mol. The minimum absolute atomic E-state index is 0.252. The van der Waals surface area contributed by atoms with Gasteiger partial charge in [-0.1, -0.05) is 6.07 Å². The van der Waals surface area contributed by atoms with Crippen molar-refractivity contribution in [3.63, 3.8) is 0 Å². The number of carbonyl (C=O) groups is 1. The zero-order valence-electron chi connectivity index (χ0n) is 16.2. The number of amides is 2. The molecule has 150 valence electrons. The Labute approximate surface area is 164 Å². The van der Waals surface area contributed by atoms with Gasteiger partial charge in [-0.15, -0.1) is 0 Å². The quantitative estimate of drug-likeness (QED) is 0.443. The van der Waals surface area contributed by atoms with E-state index in [1.165, 1.54) is 0 Å². The topological polar surface area (TPSA) is 112 Å². The van der Waals surface area contributed by atoms with Crippen LogP contribution in [0.5, 0.6) is 5.75 Å². The molecular formula is C19H27N7O2. The molecule has 0 atom stereocenters. The van der Waals surface area contributed by atoms with Gasteiger partial charge in [-0.25, -0.2) is 9.78 Å². The lowest BCUT2D eigenvalue weighted by atomic mass is 10.2. The lowest BCUT2D eigenvalue weighted by molar-refractivity contribution is 0.262. The lowest BCUT2D eigenvalue weighted by Gasteiger charge is -2.12. The Morgan fingerprint density at radius 1 is 1.21 bits per heavy atom. The monoisotopic (exact) mass is 385 g/mol. The van der Waals surface area contributed by atoms with Crippen LogP contribution in [0.3, 0.4) is 0 Å². The number of rotatable bonds is 8. The van der Waals surface area contributed by atoms with Gasteiger partial charge in [0.2, 0.25) is 5.95 Å². The second kappa shape index (κ2) is 9.86. The number of hydrogen-bond acceptors (Lipinski definition) is 7. The number of anilines is 3. The molecule has 1 aliphatic rings. The van der Waals surface area contributed by atoms with Gasteiger partial charge in [-0.2, -0.15) is 4.98 Å². The molecule has 9 heteroatoms. The molecule has 1 aliphatic heterocycles. The SMILES string of the molecule is COc1cccc(NC(=O)Nc2nc(C)cc(NCCCC3NCCN3)n2)c1. The van der Waals surface area contributed by atoms with E-state index in [-0.39, 0.29) is 5.95 Å². The first kappa shape index (κ1) is 19.8. The first-order valence-corrected chi connectivity index (χ1v) is 9.41. The Bertz CT molecular complexity index is 794. The Balaban J connectivity index is 1.50. The minimum Gasteiger partial charge on any atom is -0.497 e. The van der Waals surface area contributed by atoms with E-state index < -0.39 is 6.03 Å². The van der Waals surface area contributed by atoms with Gasteiger partial charge < -0.3 is 26.0 Å². The van der Waals surface area contributed by atoms with E-state index in [2.05, 4.69) is 36.6 Å². The van der Waals surface area contributed by atoms with Crippen molar-refractivity contribution in [1.29, 1.82) is 0 Å². The van der Waals surface area contributed by atoms with Crippen molar-refractivity contribution in [2.24, 2.45) is 0 Å². The maximum atomic E-state index is 12.2. The molecule has 28 heavy (non-hydrogen) atoms. The summed E-state index contributed by atoms with van der Waals surface area (Å²) in [6.07, 6.45) is 2.45. The van der Waals surface area contributed by atoms with Crippen LogP contribution in [0.25, 0.3) is 0 Å². The molecule has 2 aromatic rings. The fraction of sp³-hybridized carbons (Fsp3) is 0.421. The van der Waals surface area contributed by atoms with Crippen LogP contribution in [0.1, 0.15) is 18.5 Å². The number of urea groups is 1. The second-order valence-electron chi connectivity index (χ2n) is 6.56. The Hall–Kier alpha value is -2.91. The number of ether oxygens (including phenoxy) is 1. The summed E-state index contributed by atoms with van der Waals surface area (Å²) in [5.74, 6) is 1.61. The van der Waals surface area contributed by atoms with E-state index in [9.17, 15) is 4.79 Å². The van der Waals surface area contributed by atoms with Gasteiger partial charge in [0.05, 0.1) is 13.3 Å². The Morgan fingerprint density at radius 3 is 2.82 bits per heavy atom. The standard InChI is InChI=1S/C19H27N7O2/c1-13-11-17(20-8-4-7-16-21-9-10-22-16)25-18(23-13)26-19(27)24-14-5-3-6-15(12-14)28-2/h3,5-6,11-12,16,21-22H,4,7-10H2,1-2H3,(H3,20,23,24,25,26,27). The number of benzene rings is 1. The maximum Gasteiger partial charge on any atom is 0.326 e. The number of aromatic nitrogens is 2.